The molecule has 3 aromatic carbocycles. The van der Waals surface area contributed by atoms with E-state index < -0.39 is 0 Å². The van der Waals surface area contributed by atoms with E-state index in [4.69, 9.17) is 9.98 Å². The Hall–Kier alpha value is -3.66. The molecule has 1 unspecified atom stereocenters. The highest BCUT2D eigenvalue weighted by molar-refractivity contribution is 5.62. The molecular formula is C33H38N4. The number of rotatable bonds is 7. The predicted octanol–water partition coefficient (Wildman–Crippen LogP) is 7.70. The van der Waals surface area contributed by atoms with Crippen LogP contribution in [0.5, 0.6) is 0 Å². The third kappa shape index (κ3) is 5.24. The molecule has 0 saturated heterocycles. The molecule has 5 rings (SSSR count). The molecule has 0 fully saturated rings. The maximum Gasteiger partial charge on any atom is 0.118 e. The second-order valence-electron chi connectivity index (χ2n) is 11.0. The van der Waals surface area contributed by atoms with Crippen molar-refractivity contribution in [2.75, 3.05) is 13.6 Å². The lowest BCUT2D eigenvalue weighted by Gasteiger charge is -2.23. The first-order valence-electron chi connectivity index (χ1n) is 13.4. The van der Waals surface area contributed by atoms with Gasteiger partial charge in [0.25, 0.3) is 0 Å². The maximum atomic E-state index is 5.24. The molecule has 1 aliphatic heterocycles. The number of aryl methyl sites for hydroxylation is 1. The lowest BCUT2D eigenvalue weighted by molar-refractivity contribution is 0.515. The van der Waals surface area contributed by atoms with Crippen LogP contribution in [-0.2, 0) is 6.42 Å². The van der Waals surface area contributed by atoms with Crippen molar-refractivity contribution in [2.45, 2.75) is 58.9 Å². The van der Waals surface area contributed by atoms with E-state index in [1.54, 1.807) is 0 Å². The zero-order chi connectivity index (χ0) is 26.1. The third-order valence-corrected chi connectivity index (χ3v) is 7.25. The van der Waals surface area contributed by atoms with Crippen LogP contribution in [0.15, 0.2) is 77.9 Å². The summed E-state index contributed by atoms with van der Waals surface area (Å²) < 4.78 is 2.38. The Balaban J connectivity index is 1.65. The van der Waals surface area contributed by atoms with Gasteiger partial charge >= 0.3 is 0 Å². The van der Waals surface area contributed by atoms with Gasteiger partial charge in [-0.15, -0.1) is 0 Å². The minimum Gasteiger partial charge on any atom is -0.363 e. The van der Waals surface area contributed by atoms with Gasteiger partial charge in [-0.1, -0.05) is 100.0 Å². The lowest BCUT2D eigenvalue weighted by atomic mass is 9.90. The summed E-state index contributed by atoms with van der Waals surface area (Å²) in [5.41, 5.74) is 10.0. The van der Waals surface area contributed by atoms with E-state index in [2.05, 4.69) is 124 Å². The normalized spacial score (nSPS) is 15.4. The molecule has 4 aromatic rings. The molecule has 1 aliphatic rings. The second-order valence-corrected chi connectivity index (χ2v) is 11.0. The van der Waals surface area contributed by atoms with Crippen LogP contribution in [0.4, 0.5) is 0 Å². The van der Waals surface area contributed by atoms with Gasteiger partial charge < -0.3 is 9.47 Å². The van der Waals surface area contributed by atoms with E-state index >= 15 is 0 Å². The minimum atomic E-state index is 0.196. The van der Waals surface area contributed by atoms with Gasteiger partial charge in [-0.3, -0.25) is 4.99 Å². The summed E-state index contributed by atoms with van der Waals surface area (Å²) in [5, 5.41) is 0. The van der Waals surface area contributed by atoms with Crippen LogP contribution in [0, 0.1) is 6.92 Å². The fourth-order valence-corrected chi connectivity index (χ4v) is 5.32. The molecule has 0 radical (unpaired) electrons. The standard InChI is InChI=1S/C33H38N4/c1-22(2)28-15-24(5)16-29(23(3)4)33(28)37-20-31(26-12-8-7-9-13-26)35-32(37)18-25-11-10-14-27(17-25)30-19-36(6)21-34-30/h7-17,20-23,30H,18-19H2,1-6H3. The molecule has 1 atom stereocenters. The van der Waals surface area contributed by atoms with Gasteiger partial charge in [0, 0.05) is 31.8 Å². The van der Waals surface area contributed by atoms with Gasteiger partial charge in [0.1, 0.15) is 5.82 Å². The summed E-state index contributed by atoms with van der Waals surface area (Å²) in [6.07, 6.45) is 4.94. The van der Waals surface area contributed by atoms with Gasteiger partial charge in [0.2, 0.25) is 0 Å². The first kappa shape index (κ1) is 25.0. The van der Waals surface area contributed by atoms with E-state index in [1.165, 1.54) is 33.5 Å². The lowest BCUT2D eigenvalue weighted by Crippen LogP contribution is -2.14. The molecule has 4 nitrogen and oxygen atoms in total. The maximum absolute atomic E-state index is 5.24. The summed E-state index contributed by atoms with van der Waals surface area (Å²) >= 11 is 0. The average molecular weight is 491 g/mol. The van der Waals surface area contributed by atoms with Crippen molar-refractivity contribution < 1.29 is 0 Å². The van der Waals surface area contributed by atoms with Crippen LogP contribution in [0.3, 0.4) is 0 Å². The van der Waals surface area contributed by atoms with Crippen molar-refractivity contribution in [3.05, 3.63) is 107 Å². The van der Waals surface area contributed by atoms with Crippen LogP contribution < -0.4 is 0 Å². The van der Waals surface area contributed by atoms with Crippen LogP contribution in [0.2, 0.25) is 0 Å². The van der Waals surface area contributed by atoms with Crippen LogP contribution in [0.25, 0.3) is 16.9 Å². The number of imidazole rings is 1. The van der Waals surface area contributed by atoms with E-state index in [0.717, 1.165) is 30.0 Å². The van der Waals surface area contributed by atoms with Crippen LogP contribution >= 0.6 is 0 Å². The molecule has 37 heavy (non-hydrogen) atoms. The van der Waals surface area contributed by atoms with Crippen molar-refractivity contribution in [3.63, 3.8) is 0 Å². The monoisotopic (exact) mass is 490 g/mol. The summed E-state index contributed by atoms with van der Waals surface area (Å²) in [5.74, 6) is 1.88. The number of benzene rings is 3. The zero-order valence-electron chi connectivity index (χ0n) is 22.9. The third-order valence-electron chi connectivity index (χ3n) is 7.25. The zero-order valence-corrected chi connectivity index (χ0v) is 22.9. The highest BCUT2D eigenvalue weighted by atomic mass is 15.2. The molecule has 0 saturated carbocycles. The molecule has 0 aliphatic carbocycles. The molecule has 190 valence electrons. The molecule has 0 spiro atoms. The number of likely N-dealkylation sites (N-methyl/N-ethyl adjacent to an activating group) is 1. The Labute approximate surface area is 221 Å². The Morgan fingerprint density at radius 2 is 1.59 bits per heavy atom. The smallest absolute Gasteiger partial charge is 0.118 e. The minimum absolute atomic E-state index is 0.196. The largest absolute Gasteiger partial charge is 0.363 e. The fourth-order valence-electron chi connectivity index (χ4n) is 5.32. The van der Waals surface area contributed by atoms with Crippen LogP contribution in [0.1, 0.15) is 79.2 Å². The van der Waals surface area contributed by atoms with E-state index in [9.17, 15) is 0 Å². The molecule has 0 N–H and O–H groups in total. The molecular weight excluding hydrogens is 452 g/mol. The van der Waals surface area contributed by atoms with Gasteiger partial charge in [0.15, 0.2) is 0 Å². The van der Waals surface area contributed by atoms with Crippen molar-refractivity contribution in [1.29, 1.82) is 0 Å². The van der Waals surface area contributed by atoms with Gasteiger partial charge in [-0.2, -0.15) is 0 Å². The Morgan fingerprint density at radius 1 is 0.892 bits per heavy atom. The number of nitrogens with zero attached hydrogens (tertiary/aromatic N) is 4. The topological polar surface area (TPSA) is 33.4 Å². The Morgan fingerprint density at radius 3 is 2.22 bits per heavy atom. The number of hydrogen-bond acceptors (Lipinski definition) is 3. The van der Waals surface area contributed by atoms with Gasteiger partial charge in [0.05, 0.1) is 23.8 Å². The predicted molar refractivity (Wildman–Crippen MR) is 155 cm³/mol. The first-order valence-corrected chi connectivity index (χ1v) is 13.4. The van der Waals surface area contributed by atoms with Gasteiger partial charge in [-0.05, 0) is 41.0 Å². The fraction of sp³-hybridized carbons (Fsp3) is 0.333. The molecule has 0 amide bonds. The number of aliphatic imine (C=N–C) groups is 1. The van der Waals surface area contributed by atoms with Crippen LogP contribution in [-0.4, -0.2) is 34.4 Å². The molecule has 2 heterocycles. The van der Waals surface area contributed by atoms with Crippen molar-refractivity contribution >= 4 is 6.34 Å². The molecule has 4 heteroatoms. The summed E-state index contributed by atoms with van der Waals surface area (Å²) in [7, 11) is 2.08. The highest BCUT2D eigenvalue weighted by Crippen LogP contribution is 2.35. The molecule has 0 bridgehead atoms. The van der Waals surface area contributed by atoms with E-state index in [0.29, 0.717) is 11.8 Å². The van der Waals surface area contributed by atoms with E-state index in [1.807, 2.05) is 6.34 Å². The highest BCUT2D eigenvalue weighted by Gasteiger charge is 2.22. The Bertz CT molecular complexity index is 1380. The molecule has 1 aromatic heterocycles. The van der Waals surface area contributed by atoms with Crippen molar-refractivity contribution in [3.8, 4) is 16.9 Å². The van der Waals surface area contributed by atoms with E-state index in [-0.39, 0.29) is 6.04 Å². The van der Waals surface area contributed by atoms with Gasteiger partial charge in [-0.25, -0.2) is 4.98 Å². The Kier molecular flexibility index (Phi) is 7.01. The van der Waals surface area contributed by atoms with Crippen molar-refractivity contribution in [2.24, 2.45) is 4.99 Å². The average Bonchev–Trinajstić information content (AvgIpc) is 3.50. The quantitative estimate of drug-likeness (QED) is 0.266. The number of hydrogen-bond donors (Lipinski definition) is 0. The summed E-state index contributed by atoms with van der Waals surface area (Å²) in [6.45, 7) is 12.3. The second kappa shape index (κ2) is 10.4. The summed E-state index contributed by atoms with van der Waals surface area (Å²) in [4.78, 5) is 12.1. The first-order chi connectivity index (χ1) is 17.8. The number of aromatic nitrogens is 2. The summed E-state index contributed by atoms with van der Waals surface area (Å²) in [6, 6.07) is 24.3. The SMILES string of the molecule is Cc1cc(C(C)C)c(-n2cc(-c3ccccc3)nc2Cc2cccc(C3CN(C)C=N3)c2)c(C(C)C)c1. The van der Waals surface area contributed by atoms with Crippen molar-refractivity contribution in [1.82, 2.24) is 14.5 Å².